The largest absolute Gasteiger partial charge is 0.493 e. The van der Waals surface area contributed by atoms with Crippen LogP contribution in [0.3, 0.4) is 0 Å². The molecule has 1 aliphatic heterocycles. The number of amides is 1. The van der Waals surface area contributed by atoms with E-state index in [0.29, 0.717) is 12.5 Å². The van der Waals surface area contributed by atoms with Crippen LogP contribution in [0.5, 0.6) is 11.5 Å². The average molecular weight is 438 g/mol. The number of methoxy groups -OCH3 is 2. The van der Waals surface area contributed by atoms with Crippen molar-refractivity contribution in [3.05, 3.63) is 47.5 Å². The van der Waals surface area contributed by atoms with E-state index in [4.69, 9.17) is 19.9 Å². The van der Waals surface area contributed by atoms with Gasteiger partial charge in [-0.15, -0.1) is 0 Å². The number of aromatic nitrogens is 1. The van der Waals surface area contributed by atoms with E-state index in [1.807, 2.05) is 12.1 Å². The van der Waals surface area contributed by atoms with Crippen LogP contribution >= 0.6 is 0 Å². The Bertz CT molecular complexity index is 1100. The second-order valence-electron chi connectivity index (χ2n) is 8.28. The summed E-state index contributed by atoms with van der Waals surface area (Å²) in [5, 5.41) is 1.25. The molecule has 3 aromatic rings. The fraction of sp³-hybridized carbons (Fsp3) is 0.400. The number of fused-ring (bicyclic) bond motifs is 1. The smallest absolute Gasteiger partial charge is 0.404 e. The lowest BCUT2D eigenvalue weighted by molar-refractivity contribution is 0.125. The fourth-order valence-electron chi connectivity index (χ4n) is 4.64. The molecule has 4 rings (SSSR count). The number of nitrogens with two attached hydrogens (primary N) is 1. The Balaban J connectivity index is 1.51. The summed E-state index contributed by atoms with van der Waals surface area (Å²) in [6.45, 7) is 5.24. The molecule has 32 heavy (non-hydrogen) atoms. The quantitative estimate of drug-likeness (QED) is 0.571. The van der Waals surface area contributed by atoms with Crippen molar-refractivity contribution >= 4 is 17.0 Å². The first kappa shape index (κ1) is 22.0. The first-order valence-electron chi connectivity index (χ1n) is 11.0. The predicted molar refractivity (Wildman–Crippen MR) is 126 cm³/mol. The number of carbonyl (C=O) groups excluding carboxylic acids is 1. The highest BCUT2D eigenvalue weighted by Crippen LogP contribution is 2.37. The van der Waals surface area contributed by atoms with Gasteiger partial charge in [-0.25, -0.2) is 4.79 Å². The summed E-state index contributed by atoms with van der Waals surface area (Å²) >= 11 is 0. The highest BCUT2D eigenvalue weighted by atomic mass is 16.5. The van der Waals surface area contributed by atoms with E-state index in [1.54, 1.807) is 14.2 Å². The number of carbonyl (C=O) groups is 1. The molecule has 0 unspecified atom stereocenters. The molecule has 0 spiro atoms. The number of hydrogen-bond donors (Lipinski definition) is 2. The third-order valence-corrected chi connectivity index (χ3v) is 6.47. The van der Waals surface area contributed by atoms with Crippen molar-refractivity contribution in [1.82, 2.24) is 9.88 Å². The van der Waals surface area contributed by atoms with Crippen LogP contribution in [0.2, 0.25) is 0 Å². The molecule has 1 aliphatic rings. The maximum absolute atomic E-state index is 10.7. The topological polar surface area (TPSA) is 89.8 Å². The van der Waals surface area contributed by atoms with E-state index in [-0.39, 0.29) is 0 Å². The summed E-state index contributed by atoms with van der Waals surface area (Å²) in [4.78, 5) is 16.6. The summed E-state index contributed by atoms with van der Waals surface area (Å²) in [6.07, 6.45) is 1.48. The maximum Gasteiger partial charge on any atom is 0.404 e. The number of aromatic amines is 1. The fourth-order valence-corrected chi connectivity index (χ4v) is 4.64. The first-order chi connectivity index (χ1) is 15.5. The number of primary amides is 1. The molecule has 0 aliphatic carbocycles. The monoisotopic (exact) mass is 437 g/mol. The average Bonchev–Trinajstić information content (AvgIpc) is 3.14. The molecule has 1 saturated heterocycles. The molecule has 0 atom stereocenters. The van der Waals surface area contributed by atoms with E-state index in [9.17, 15) is 4.79 Å². The minimum absolute atomic E-state index is 0.355. The molecule has 1 aromatic heterocycles. The zero-order valence-corrected chi connectivity index (χ0v) is 18.9. The number of nitrogens with one attached hydrogen (secondary N) is 1. The SMILES string of the molecule is COc1ccc(-c2[nH]c3ccc(C4CCN(CCOC(N)=O)CC4)cc3c2C)cc1OC. The molecule has 0 bridgehead atoms. The molecule has 1 fully saturated rings. The van der Waals surface area contributed by atoms with Crippen molar-refractivity contribution in [3.63, 3.8) is 0 Å². The summed E-state index contributed by atoms with van der Waals surface area (Å²) in [7, 11) is 3.30. The molecular formula is C25H31N3O4. The normalized spacial score (nSPS) is 15.1. The van der Waals surface area contributed by atoms with Crippen molar-refractivity contribution in [1.29, 1.82) is 0 Å². The van der Waals surface area contributed by atoms with Gasteiger partial charge < -0.3 is 24.9 Å². The van der Waals surface area contributed by atoms with E-state index in [0.717, 1.165) is 60.7 Å². The zero-order chi connectivity index (χ0) is 22.7. The Morgan fingerprint density at radius 3 is 2.53 bits per heavy atom. The van der Waals surface area contributed by atoms with E-state index in [1.165, 1.54) is 16.5 Å². The highest BCUT2D eigenvalue weighted by Gasteiger charge is 2.22. The number of rotatable bonds is 7. The van der Waals surface area contributed by atoms with Crippen molar-refractivity contribution in [3.8, 4) is 22.8 Å². The second-order valence-corrected chi connectivity index (χ2v) is 8.28. The van der Waals surface area contributed by atoms with Gasteiger partial charge in [-0.1, -0.05) is 6.07 Å². The van der Waals surface area contributed by atoms with Crippen LogP contribution in [0.25, 0.3) is 22.2 Å². The van der Waals surface area contributed by atoms with Crippen molar-refractivity contribution in [2.45, 2.75) is 25.7 Å². The Hall–Kier alpha value is -3.19. The molecule has 170 valence electrons. The first-order valence-corrected chi connectivity index (χ1v) is 11.0. The van der Waals surface area contributed by atoms with Crippen LogP contribution in [0.1, 0.15) is 29.9 Å². The lowest BCUT2D eigenvalue weighted by Gasteiger charge is -2.32. The molecule has 2 aromatic carbocycles. The van der Waals surface area contributed by atoms with Gasteiger partial charge in [0, 0.05) is 28.7 Å². The molecule has 2 heterocycles. The van der Waals surface area contributed by atoms with Crippen LogP contribution in [-0.2, 0) is 4.74 Å². The van der Waals surface area contributed by atoms with Gasteiger partial charge in [-0.2, -0.15) is 0 Å². The minimum atomic E-state index is -0.706. The minimum Gasteiger partial charge on any atom is -0.493 e. The zero-order valence-electron chi connectivity index (χ0n) is 18.9. The summed E-state index contributed by atoms with van der Waals surface area (Å²) in [6, 6.07) is 12.8. The van der Waals surface area contributed by atoms with Crippen LogP contribution in [-0.4, -0.2) is 56.4 Å². The van der Waals surface area contributed by atoms with Gasteiger partial charge in [0.2, 0.25) is 0 Å². The Morgan fingerprint density at radius 1 is 1.09 bits per heavy atom. The molecule has 0 radical (unpaired) electrons. The van der Waals surface area contributed by atoms with Gasteiger partial charge >= 0.3 is 6.09 Å². The molecule has 7 nitrogen and oxygen atoms in total. The number of benzene rings is 2. The molecule has 1 amide bonds. The van der Waals surface area contributed by atoms with Crippen LogP contribution in [0.4, 0.5) is 4.79 Å². The van der Waals surface area contributed by atoms with Crippen molar-refractivity contribution in [2.75, 3.05) is 40.5 Å². The van der Waals surface area contributed by atoms with Crippen molar-refractivity contribution in [2.24, 2.45) is 5.73 Å². The Morgan fingerprint density at radius 2 is 1.84 bits per heavy atom. The van der Waals surface area contributed by atoms with Gasteiger partial charge in [-0.3, -0.25) is 4.90 Å². The summed E-state index contributed by atoms with van der Waals surface area (Å²) < 4.78 is 15.7. The molecule has 0 saturated carbocycles. The number of H-pyrrole nitrogens is 1. The number of nitrogens with zero attached hydrogens (tertiary/aromatic N) is 1. The number of piperidine rings is 1. The van der Waals surface area contributed by atoms with E-state index < -0.39 is 6.09 Å². The standard InChI is InChI=1S/C25H31N3O4/c1-16-20-14-18(17-8-10-28(11-9-17)12-13-32-25(26)29)4-6-21(20)27-24(16)19-5-7-22(30-2)23(15-19)31-3/h4-7,14-15,17,27H,8-13H2,1-3H3,(H2,26,29). The van der Waals surface area contributed by atoms with Gasteiger partial charge in [0.1, 0.15) is 6.61 Å². The molecular weight excluding hydrogens is 406 g/mol. The maximum atomic E-state index is 10.7. The summed E-state index contributed by atoms with van der Waals surface area (Å²) in [5.74, 6) is 1.98. The molecule has 3 N–H and O–H groups in total. The highest BCUT2D eigenvalue weighted by molar-refractivity contribution is 5.91. The number of ether oxygens (including phenoxy) is 3. The van der Waals surface area contributed by atoms with Crippen LogP contribution in [0, 0.1) is 6.92 Å². The van der Waals surface area contributed by atoms with Gasteiger partial charge in [0.15, 0.2) is 11.5 Å². The lowest BCUT2D eigenvalue weighted by atomic mass is 9.88. The van der Waals surface area contributed by atoms with Gasteiger partial charge in [-0.05, 0) is 80.2 Å². The van der Waals surface area contributed by atoms with Crippen molar-refractivity contribution < 1.29 is 19.0 Å². The third-order valence-electron chi connectivity index (χ3n) is 6.47. The number of aryl methyl sites for hydroxylation is 1. The van der Waals surface area contributed by atoms with Gasteiger partial charge in [0.05, 0.1) is 14.2 Å². The lowest BCUT2D eigenvalue weighted by Crippen LogP contribution is -2.36. The molecule has 7 heteroatoms. The van der Waals surface area contributed by atoms with E-state index >= 15 is 0 Å². The van der Waals surface area contributed by atoms with Gasteiger partial charge in [0.25, 0.3) is 0 Å². The van der Waals surface area contributed by atoms with E-state index in [2.05, 4.69) is 41.1 Å². The Kier molecular flexibility index (Phi) is 6.55. The summed E-state index contributed by atoms with van der Waals surface area (Å²) in [5.41, 5.74) is 11.0. The second kappa shape index (κ2) is 9.53. The predicted octanol–water partition coefficient (Wildman–Crippen LogP) is 4.44. The van der Waals surface area contributed by atoms with Crippen LogP contribution in [0.15, 0.2) is 36.4 Å². The number of hydrogen-bond acceptors (Lipinski definition) is 5. The Labute approximate surface area is 188 Å². The third kappa shape index (κ3) is 4.53. The van der Waals surface area contributed by atoms with Crippen LogP contribution < -0.4 is 15.2 Å². The number of likely N-dealkylation sites (tertiary alicyclic amines) is 1.